The number of oxazole rings is 1. The first-order valence-corrected chi connectivity index (χ1v) is 9.99. The van der Waals surface area contributed by atoms with Crippen LogP contribution in [0.4, 0.5) is 5.95 Å². The number of hydrogen-bond donors (Lipinski definition) is 2. The first-order chi connectivity index (χ1) is 14.3. The number of hydrogen-bond acceptors (Lipinski definition) is 8. The normalized spacial score (nSPS) is 19.2. The third kappa shape index (κ3) is 3.02. The number of fused-ring (bicyclic) bond motifs is 1. The zero-order valence-electron chi connectivity index (χ0n) is 17.2. The lowest BCUT2D eigenvalue weighted by Gasteiger charge is -2.33. The molecule has 1 fully saturated rings. The molecule has 154 valence electrons. The Morgan fingerprint density at radius 2 is 1.93 bits per heavy atom. The molecule has 0 amide bonds. The van der Waals surface area contributed by atoms with Gasteiger partial charge in [0, 0.05) is 34.8 Å². The van der Waals surface area contributed by atoms with Crippen LogP contribution in [0.3, 0.4) is 0 Å². The van der Waals surface area contributed by atoms with Crippen molar-refractivity contribution in [2.45, 2.75) is 51.0 Å². The van der Waals surface area contributed by atoms with Gasteiger partial charge in [-0.3, -0.25) is 4.98 Å². The second kappa shape index (κ2) is 6.60. The summed E-state index contributed by atoms with van der Waals surface area (Å²) >= 11 is 0. The molecule has 4 aromatic heterocycles. The maximum atomic E-state index is 6.15. The highest BCUT2D eigenvalue weighted by molar-refractivity contribution is 5.65. The summed E-state index contributed by atoms with van der Waals surface area (Å²) in [6, 6.07) is 4.15. The summed E-state index contributed by atoms with van der Waals surface area (Å²) in [7, 11) is 0. The molecule has 9 nitrogen and oxygen atoms in total. The Kier molecular flexibility index (Phi) is 4.11. The average Bonchev–Trinajstić information content (AvgIpc) is 3.34. The van der Waals surface area contributed by atoms with Crippen LogP contribution >= 0.6 is 0 Å². The Morgan fingerprint density at radius 1 is 1.13 bits per heavy atom. The zero-order valence-corrected chi connectivity index (χ0v) is 17.2. The Morgan fingerprint density at radius 3 is 2.57 bits per heavy atom. The molecule has 4 aromatic rings. The average molecular weight is 404 g/mol. The second-order valence-corrected chi connectivity index (χ2v) is 8.54. The molecular formula is C21H24N8O. The molecule has 9 heteroatoms. The van der Waals surface area contributed by atoms with Crippen molar-refractivity contribution in [3.05, 3.63) is 53.4 Å². The smallest absolute Gasteiger partial charge is 0.245 e. The van der Waals surface area contributed by atoms with E-state index in [9.17, 15) is 0 Å². The van der Waals surface area contributed by atoms with Gasteiger partial charge in [-0.2, -0.15) is 4.52 Å². The molecule has 4 N–H and O–H groups in total. The number of nitrogens with two attached hydrogens (primary N) is 2. The van der Waals surface area contributed by atoms with Crippen molar-refractivity contribution >= 4 is 11.6 Å². The number of pyridine rings is 1. The molecule has 0 aliphatic heterocycles. The van der Waals surface area contributed by atoms with Crippen molar-refractivity contribution in [2.24, 2.45) is 5.73 Å². The third-order valence-electron chi connectivity index (χ3n) is 5.84. The van der Waals surface area contributed by atoms with Crippen LogP contribution in [0.15, 0.2) is 35.2 Å². The summed E-state index contributed by atoms with van der Waals surface area (Å²) in [5.74, 6) is 2.14. The fourth-order valence-corrected chi connectivity index (χ4v) is 3.90. The van der Waals surface area contributed by atoms with E-state index in [0.29, 0.717) is 23.1 Å². The first-order valence-electron chi connectivity index (χ1n) is 9.99. The summed E-state index contributed by atoms with van der Waals surface area (Å²) in [4.78, 5) is 18.0. The Bertz CT molecular complexity index is 1200. The van der Waals surface area contributed by atoms with E-state index < -0.39 is 0 Å². The largest absolute Gasteiger partial charge is 0.443 e. The maximum Gasteiger partial charge on any atom is 0.245 e. The van der Waals surface area contributed by atoms with Gasteiger partial charge in [-0.1, -0.05) is 6.07 Å². The van der Waals surface area contributed by atoms with Crippen molar-refractivity contribution in [2.75, 3.05) is 5.73 Å². The summed E-state index contributed by atoms with van der Waals surface area (Å²) in [5, 5.41) is 4.62. The Labute approximate surface area is 173 Å². The molecule has 0 saturated heterocycles. The fourth-order valence-electron chi connectivity index (χ4n) is 3.90. The molecule has 0 aromatic carbocycles. The van der Waals surface area contributed by atoms with E-state index in [1.807, 2.05) is 27.0 Å². The maximum absolute atomic E-state index is 6.15. The number of rotatable bonds is 4. The van der Waals surface area contributed by atoms with Crippen LogP contribution in [-0.2, 0) is 5.54 Å². The SMILES string of the molecule is Cc1c(-c2ncco2)nc(N)n2nc([C@H]3C[C@H](c4ccc(C(C)(C)N)cn4)C3)nc12. The van der Waals surface area contributed by atoms with Gasteiger partial charge in [0.15, 0.2) is 11.5 Å². The molecule has 1 saturated carbocycles. The number of aryl methyl sites for hydroxylation is 1. The van der Waals surface area contributed by atoms with Crippen LogP contribution in [0.1, 0.15) is 61.2 Å². The molecule has 0 atom stereocenters. The lowest BCUT2D eigenvalue weighted by atomic mass is 9.72. The van der Waals surface area contributed by atoms with Gasteiger partial charge in [-0.05, 0) is 45.2 Å². The molecule has 0 bridgehead atoms. The van der Waals surface area contributed by atoms with Crippen molar-refractivity contribution in [1.29, 1.82) is 0 Å². The van der Waals surface area contributed by atoms with Gasteiger partial charge < -0.3 is 15.9 Å². The molecule has 0 radical (unpaired) electrons. The zero-order chi connectivity index (χ0) is 21.0. The van der Waals surface area contributed by atoms with Crippen LogP contribution in [0.25, 0.3) is 17.2 Å². The predicted molar refractivity (Wildman–Crippen MR) is 112 cm³/mol. The van der Waals surface area contributed by atoms with Gasteiger partial charge in [0.2, 0.25) is 11.8 Å². The minimum absolute atomic E-state index is 0.264. The summed E-state index contributed by atoms with van der Waals surface area (Å²) < 4.78 is 6.98. The van der Waals surface area contributed by atoms with Crippen LogP contribution in [0.2, 0.25) is 0 Å². The number of aromatic nitrogens is 6. The summed E-state index contributed by atoms with van der Waals surface area (Å²) in [6.45, 7) is 5.88. The summed E-state index contributed by atoms with van der Waals surface area (Å²) in [6.07, 6.45) is 6.87. The van der Waals surface area contributed by atoms with Gasteiger partial charge >= 0.3 is 0 Å². The lowest BCUT2D eigenvalue weighted by Crippen LogP contribution is -2.29. The molecule has 4 heterocycles. The third-order valence-corrected chi connectivity index (χ3v) is 5.84. The van der Waals surface area contributed by atoms with Crippen molar-refractivity contribution in [3.63, 3.8) is 0 Å². The molecule has 1 aliphatic rings. The monoisotopic (exact) mass is 404 g/mol. The fraction of sp³-hybridized carbons (Fsp3) is 0.381. The van der Waals surface area contributed by atoms with Crippen molar-refractivity contribution in [1.82, 2.24) is 29.5 Å². The quantitative estimate of drug-likeness (QED) is 0.530. The minimum Gasteiger partial charge on any atom is -0.443 e. The molecule has 0 spiro atoms. The van der Waals surface area contributed by atoms with Crippen molar-refractivity contribution < 1.29 is 4.42 Å². The molecule has 30 heavy (non-hydrogen) atoms. The number of nitrogens with zero attached hydrogens (tertiary/aromatic N) is 6. The highest BCUT2D eigenvalue weighted by Crippen LogP contribution is 2.46. The van der Waals surface area contributed by atoms with Crippen LogP contribution in [-0.4, -0.2) is 29.5 Å². The Balaban J connectivity index is 1.38. The molecule has 1 aliphatic carbocycles. The van der Waals surface area contributed by atoms with Crippen LogP contribution in [0.5, 0.6) is 0 Å². The van der Waals surface area contributed by atoms with E-state index in [2.05, 4.69) is 32.2 Å². The van der Waals surface area contributed by atoms with E-state index in [1.165, 1.54) is 6.26 Å². The van der Waals surface area contributed by atoms with Gasteiger partial charge in [-0.25, -0.2) is 15.0 Å². The number of anilines is 1. The van der Waals surface area contributed by atoms with Crippen LogP contribution in [0, 0.1) is 6.92 Å². The molecular weight excluding hydrogens is 380 g/mol. The van der Waals surface area contributed by atoms with Gasteiger partial charge in [0.1, 0.15) is 12.0 Å². The van der Waals surface area contributed by atoms with E-state index in [1.54, 1.807) is 10.7 Å². The lowest BCUT2D eigenvalue weighted by molar-refractivity contribution is 0.332. The first kappa shape index (κ1) is 18.7. The van der Waals surface area contributed by atoms with Gasteiger partial charge in [0.25, 0.3) is 0 Å². The standard InChI is InChI=1S/C21H24N8O/c1-11-16(19-24-6-7-30-19)26-20(22)29-18(11)27-17(28-29)13-8-12(9-13)15-5-4-14(10-25-15)21(2,3)23/h4-7,10,12-13H,8-9,23H2,1-3H3,(H2,22,26)/t12-,13-. The molecule has 0 unspecified atom stereocenters. The highest BCUT2D eigenvalue weighted by atomic mass is 16.3. The van der Waals surface area contributed by atoms with E-state index in [-0.39, 0.29) is 17.4 Å². The van der Waals surface area contributed by atoms with Crippen molar-refractivity contribution in [3.8, 4) is 11.6 Å². The molecule has 5 rings (SSSR count). The summed E-state index contributed by atoms with van der Waals surface area (Å²) in [5.41, 5.74) is 16.1. The van der Waals surface area contributed by atoms with E-state index in [0.717, 1.165) is 35.5 Å². The second-order valence-electron chi connectivity index (χ2n) is 8.54. The van der Waals surface area contributed by atoms with Gasteiger partial charge in [-0.15, -0.1) is 5.10 Å². The number of nitrogen functional groups attached to an aromatic ring is 1. The Hall–Kier alpha value is -3.33. The van der Waals surface area contributed by atoms with E-state index >= 15 is 0 Å². The topological polar surface area (TPSA) is 134 Å². The van der Waals surface area contributed by atoms with Gasteiger partial charge in [0.05, 0.1) is 6.20 Å². The van der Waals surface area contributed by atoms with E-state index in [4.69, 9.17) is 20.9 Å². The highest BCUT2D eigenvalue weighted by Gasteiger charge is 2.35. The van der Waals surface area contributed by atoms with Crippen LogP contribution < -0.4 is 11.5 Å². The predicted octanol–water partition coefficient (Wildman–Crippen LogP) is 2.92. The minimum atomic E-state index is -0.385.